The van der Waals surface area contributed by atoms with Gasteiger partial charge in [-0.1, -0.05) is 24.3 Å². The Morgan fingerprint density at radius 1 is 1.39 bits per heavy atom. The van der Waals surface area contributed by atoms with Gasteiger partial charge in [0.2, 0.25) is 5.91 Å². The number of benzene rings is 1. The Hall–Kier alpha value is -2.10. The molecule has 1 aromatic heterocycles. The predicted octanol–water partition coefficient (Wildman–Crippen LogP) is 2.73. The first-order chi connectivity index (χ1) is 8.74. The molecule has 0 aliphatic heterocycles. The van der Waals surface area contributed by atoms with Crippen molar-refractivity contribution in [1.29, 1.82) is 0 Å². The Morgan fingerprint density at radius 2 is 2.17 bits per heavy atom. The first-order valence-corrected chi connectivity index (χ1v) is 6.16. The molecule has 1 aliphatic rings. The fourth-order valence-electron chi connectivity index (χ4n) is 1.97. The molecule has 1 aromatic carbocycles. The second kappa shape index (κ2) is 4.29. The number of amides is 1. The first kappa shape index (κ1) is 11.0. The molecule has 0 spiro atoms. The van der Waals surface area contributed by atoms with Crippen molar-refractivity contribution in [2.24, 2.45) is 5.92 Å². The van der Waals surface area contributed by atoms with E-state index in [1.165, 1.54) is 5.56 Å². The Balaban J connectivity index is 1.80. The molecule has 0 unspecified atom stereocenters. The third kappa shape index (κ3) is 2.14. The average molecular weight is 241 g/mol. The molecule has 0 radical (unpaired) electrons. The van der Waals surface area contributed by atoms with Gasteiger partial charge in [-0.2, -0.15) is 5.10 Å². The minimum absolute atomic E-state index is 0.0813. The zero-order chi connectivity index (χ0) is 12.5. The van der Waals surface area contributed by atoms with Crippen molar-refractivity contribution >= 4 is 11.7 Å². The van der Waals surface area contributed by atoms with Crippen LogP contribution in [-0.4, -0.2) is 16.1 Å². The van der Waals surface area contributed by atoms with Crippen molar-refractivity contribution in [2.45, 2.75) is 19.8 Å². The molecule has 1 amide bonds. The maximum atomic E-state index is 11.6. The van der Waals surface area contributed by atoms with Crippen LogP contribution in [0, 0.1) is 12.8 Å². The van der Waals surface area contributed by atoms with Gasteiger partial charge in [0.15, 0.2) is 5.82 Å². The number of H-pyrrole nitrogens is 1. The molecule has 92 valence electrons. The zero-order valence-corrected chi connectivity index (χ0v) is 10.2. The van der Waals surface area contributed by atoms with Crippen molar-refractivity contribution in [1.82, 2.24) is 10.2 Å². The number of aromatic amines is 1. The van der Waals surface area contributed by atoms with E-state index < -0.39 is 0 Å². The van der Waals surface area contributed by atoms with Crippen molar-refractivity contribution in [3.63, 3.8) is 0 Å². The number of nitrogens with zero attached hydrogens (tertiary/aromatic N) is 1. The smallest absolute Gasteiger partial charge is 0.228 e. The average Bonchev–Trinajstić information content (AvgIpc) is 3.12. The van der Waals surface area contributed by atoms with Crippen LogP contribution in [0.1, 0.15) is 18.4 Å². The molecular formula is C14H15N3O. The molecule has 2 N–H and O–H groups in total. The fourth-order valence-corrected chi connectivity index (χ4v) is 1.97. The minimum Gasteiger partial charge on any atom is -0.309 e. The van der Waals surface area contributed by atoms with Crippen LogP contribution in [0.15, 0.2) is 30.3 Å². The van der Waals surface area contributed by atoms with Gasteiger partial charge < -0.3 is 5.32 Å². The topological polar surface area (TPSA) is 57.8 Å². The molecule has 1 heterocycles. The van der Waals surface area contributed by atoms with Crippen molar-refractivity contribution in [3.05, 3.63) is 35.9 Å². The number of anilines is 1. The summed E-state index contributed by atoms with van der Waals surface area (Å²) in [5.74, 6) is 0.881. The van der Waals surface area contributed by atoms with Crippen LogP contribution in [0.2, 0.25) is 0 Å². The van der Waals surface area contributed by atoms with Gasteiger partial charge in [-0.05, 0) is 25.3 Å². The van der Waals surface area contributed by atoms with E-state index in [1.807, 2.05) is 24.3 Å². The second-order valence-electron chi connectivity index (χ2n) is 4.75. The molecule has 18 heavy (non-hydrogen) atoms. The van der Waals surface area contributed by atoms with E-state index in [0.717, 1.165) is 24.1 Å². The van der Waals surface area contributed by atoms with Gasteiger partial charge in [0.1, 0.15) is 0 Å². The van der Waals surface area contributed by atoms with Crippen molar-refractivity contribution in [3.8, 4) is 11.3 Å². The third-order valence-electron chi connectivity index (χ3n) is 3.21. The van der Waals surface area contributed by atoms with Gasteiger partial charge in [-0.15, -0.1) is 0 Å². The number of aryl methyl sites for hydroxylation is 1. The van der Waals surface area contributed by atoms with E-state index in [1.54, 1.807) is 0 Å². The Bertz CT molecular complexity index is 584. The number of hydrogen-bond acceptors (Lipinski definition) is 2. The molecule has 2 aromatic rings. The minimum atomic E-state index is 0.0813. The lowest BCUT2D eigenvalue weighted by molar-refractivity contribution is -0.117. The third-order valence-corrected chi connectivity index (χ3v) is 3.21. The Labute approximate surface area is 105 Å². The largest absolute Gasteiger partial charge is 0.309 e. The van der Waals surface area contributed by atoms with Gasteiger partial charge in [-0.25, -0.2) is 0 Å². The molecule has 0 bridgehead atoms. The monoisotopic (exact) mass is 241 g/mol. The summed E-state index contributed by atoms with van der Waals surface area (Å²) < 4.78 is 0. The fraction of sp³-hybridized carbons (Fsp3) is 0.286. The van der Waals surface area contributed by atoms with E-state index in [9.17, 15) is 4.79 Å². The van der Waals surface area contributed by atoms with E-state index >= 15 is 0 Å². The summed E-state index contributed by atoms with van der Waals surface area (Å²) in [5.41, 5.74) is 3.22. The molecule has 1 saturated carbocycles. The highest BCUT2D eigenvalue weighted by Gasteiger charge is 2.29. The van der Waals surface area contributed by atoms with Gasteiger partial charge >= 0.3 is 0 Å². The lowest BCUT2D eigenvalue weighted by Crippen LogP contribution is -2.13. The van der Waals surface area contributed by atoms with Crippen LogP contribution in [0.5, 0.6) is 0 Å². The number of nitrogens with one attached hydrogen (secondary N) is 2. The Morgan fingerprint density at radius 3 is 2.89 bits per heavy atom. The summed E-state index contributed by atoms with van der Waals surface area (Å²) in [6, 6.07) is 9.97. The quantitative estimate of drug-likeness (QED) is 0.868. The number of rotatable bonds is 3. The van der Waals surface area contributed by atoms with Gasteiger partial charge in [0.25, 0.3) is 0 Å². The molecule has 0 atom stereocenters. The van der Waals surface area contributed by atoms with Crippen molar-refractivity contribution < 1.29 is 4.79 Å². The van der Waals surface area contributed by atoms with Crippen LogP contribution in [0.4, 0.5) is 5.82 Å². The number of carbonyl (C=O) groups excluding carboxylic acids is 1. The van der Waals surface area contributed by atoms with Gasteiger partial charge in [-0.3, -0.25) is 9.89 Å². The van der Waals surface area contributed by atoms with Crippen LogP contribution in [0.25, 0.3) is 11.3 Å². The highest BCUT2D eigenvalue weighted by molar-refractivity contribution is 5.93. The van der Waals surface area contributed by atoms with Crippen LogP contribution < -0.4 is 5.32 Å². The lowest BCUT2D eigenvalue weighted by atomic mass is 10.1. The summed E-state index contributed by atoms with van der Waals surface area (Å²) in [6.45, 7) is 2.05. The number of carbonyl (C=O) groups is 1. The predicted molar refractivity (Wildman–Crippen MR) is 70.1 cm³/mol. The summed E-state index contributed by atoms with van der Waals surface area (Å²) in [5, 5.41) is 9.92. The normalized spacial score (nSPS) is 14.5. The zero-order valence-electron chi connectivity index (χ0n) is 10.2. The van der Waals surface area contributed by atoms with Gasteiger partial charge in [0.05, 0.1) is 5.69 Å². The summed E-state index contributed by atoms with van der Waals surface area (Å²) in [6.07, 6.45) is 2.00. The standard InChI is InChI=1S/C14H15N3O/c1-9-4-2-3-5-11(9)12-8-13(17-16-12)15-14(18)10-6-7-10/h2-5,8,10H,6-7H2,1H3,(H2,15,16,17,18). The van der Waals surface area contributed by atoms with Crippen LogP contribution in [-0.2, 0) is 4.79 Å². The maximum Gasteiger partial charge on any atom is 0.228 e. The molecule has 1 aliphatic carbocycles. The molecule has 4 nitrogen and oxygen atoms in total. The molecule has 0 saturated heterocycles. The van der Waals surface area contributed by atoms with E-state index in [0.29, 0.717) is 5.82 Å². The van der Waals surface area contributed by atoms with E-state index in [4.69, 9.17) is 0 Å². The first-order valence-electron chi connectivity index (χ1n) is 6.16. The molecule has 3 rings (SSSR count). The lowest BCUT2D eigenvalue weighted by Gasteiger charge is -2.01. The maximum absolute atomic E-state index is 11.6. The van der Waals surface area contributed by atoms with Crippen molar-refractivity contribution in [2.75, 3.05) is 5.32 Å². The summed E-state index contributed by atoms with van der Waals surface area (Å²) in [7, 11) is 0. The number of aromatic nitrogens is 2. The number of hydrogen-bond donors (Lipinski definition) is 2. The van der Waals surface area contributed by atoms with E-state index in [2.05, 4.69) is 28.5 Å². The van der Waals surface area contributed by atoms with Crippen LogP contribution in [0.3, 0.4) is 0 Å². The van der Waals surface area contributed by atoms with Crippen LogP contribution >= 0.6 is 0 Å². The van der Waals surface area contributed by atoms with Gasteiger partial charge in [0, 0.05) is 17.5 Å². The SMILES string of the molecule is Cc1ccccc1-c1cc(NC(=O)C2CC2)n[nH]1. The highest BCUT2D eigenvalue weighted by Crippen LogP contribution is 2.30. The molecule has 4 heteroatoms. The highest BCUT2D eigenvalue weighted by atomic mass is 16.2. The summed E-state index contributed by atoms with van der Waals surface area (Å²) in [4.78, 5) is 11.6. The van der Waals surface area contributed by atoms with E-state index in [-0.39, 0.29) is 11.8 Å². The Kier molecular flexibility index (Phi) is 2.63. The summed E-state index contributed by atoms with van der Waals surface area (Å²) >= 11 is 0. The second-order valence-corrected chi connectivity index (χ2v) is 4.75. The molecule has 1 fully saturated rings. The molecular weight excluding hydrogens is 226 g/mol.